The highest BCUT2D eigenvalue weighted by Gasteiger charge is 2.09. The summed E-state index contributed by atoms with van der Waals surface area (Å²) >= 11 is 0. The summed E-state index contributed by atoms with van der Waals surface area (Å²) in [6, 6.07) is 17.6. The predicted molar refractivity (Wildman–Crippen MR) is 94.9 cm³/mol. The van der Waals surface area contributed by atoms with Gasteiger partial charge in [0.05, 0.1) is 18.0 Å². The third-order valence-corrected chi connectivity index (χ3v) is 3.94. The maximum absolute atomic E-state index is 10.4. The molecule has 1 unspecified atom stereocenters. The van der Waals surface area contributed by atoms with Crippen LogP contribution >= 0.6 is 0 Å². The van der Waals surface area contributed by atoms with Crippen LogP contribution in [-0.2, 0) is 20.2 Å². The van der Waals surface area contributed by atoms with E-state index in [4.69, 9.17) is 4.74 Å². The van der Waals surface area contributed by atoms with Crippen LogP contribution in [0.3, 0.4) is 0 Å². The first-order valence-electron chi connectivity index (χ1n) is 8.21. The van der Waals surface area contributed by atoms with Crippen molar-refractivity contribution in [3.05, 3.63) is 77.6 Å². The summed E-state index contributed by atoms with van der Waals surface area (Å²) in [5, 5.41) is 21.3. The smallest absolute Gasteiger partial charge is 0.120 e. The number of aliphatic hydroxyl groups is 1. The Morgan fingerprint density at radius 1 is 1.16 bits per heavy atom. The molecule has 2 aromatic carbocycles. The second-order valence-corrected chi connectivity index (χ2v) is 5.84. The third-order valence-electron chi connectivity index (χ3n) is 3.94. The van der Waals surface area contributed by atoms with Crippen LogP contribution in [0.2, 0.25) is 0 Å². The van der Waals surface area contributed by atoms with Crippen LogP contribution in [0.1, 0.15) is 22.9 Å². The number of rotatable bonds is 8. The first kappa shape index (κ1) is 17.1. The highest BCUT2D eigenvalue weighted by Crippen LogP contribution is 2.20. The number of hydrogen-bond acceptors (Lipinski definition) is 5. The van der Waals surface area contributed by atoms with Gasteiger partial charge in [-0.3, -0.25) is 4.68 Å². The molecule has 0 amide bonds. The van der Waals surface area contributed by atoms with Crippen molar-refractivity contribution in [2.45, 2.75) is 19.3 Å². The minimum Gasteiger partial charge on any atom is -0.489 e. The maximum atomic E-state index is 10.4. The number of ether oxygens (including phenoxy) is 1. The van der Waals surface area contributed by atoms with Gasteiger partial charge in [0, 0.05) is 20.1 Å². The number of nitrogens with zero attached hydrogens (tertiary/aromatic N) is 3. The molecule has 0 aliphatic carbocycles. The highest BCUT2D eigenvalue weighted by molar-refractivity contribution is 5.30. The molecule has 6 heteroatoms. The molecule has 2 N–H and O–H groups in total. The zero-order valence-electron chi connectivity index (χ0n) is 14.2. The number of benzene rings is 2. The Bertz CT molecular complexity index is 789. The van der Waals surface area contributed by atoms with Crippen LogP contribution in [0.15, 0.2) is 60.8 Å². The Balaban J connectivity index is 1.52. The molecule has 0 spiro atoms. The Morgan fingerprint density at radius 3 is 2.76 bits per heavy atom. The van der Waals surface area contributed by atoms with E-state index >= 15 is 0 Å². The third kappa shape index (κ3) is 4.89. The lowest BCUT2D eigenvalue weighted by Crippen LogP contribution is -2.22. The summed E-state index contributed by atoms with van der Waals surface area (Å²) in [5.74, 6) is 0.747. The molecule has 0 saturated carbocycles. The molecule has 0 saturated heterocycles. The molecule has 0 radical (unpaired) electrons. The monoisotopic (exact) mass is 338 g/mol. The molecule has 0 aliphatic rings. The van der Waals surface area contributed by atoms with Gasteiger partial charge in [0.1, 0.15) is 12.4 Å². The summed E-state index contributed by atoms with van der Waals surface area (Å²) in [6.45, 7) is 1.55. The number of aliphatic hydroxyl groups excluding tert-OH is 1. The van der Waals surface area contributed by atoms with Gasteiger partial charge in [0.15, 0.2) is 0 Å². The molecule has 0 fully saturated rings. The van der Waals surface area contributed by atoms with E-state index < -0.39 is 6.10 Å². The van der Waals surface area contributed by atoms with Gasteiger partial charge >= 0.3 is 0 Å². The van der Waals surface area contributed by atoms with Crippen LogP contribution < -0.4 is 10.1 Å². The molecule has 1 heterocycles. The van der Waals surface area contributed by atoms with E-state index in [1.54, 1.807) is 10.9 Å². The molecular formula is C19H22N4O2. The fourth-order valence-corrected chi connectivity index (χ4v) is 2.48. The summed E-state index contributed by atoms with van der Waals surface area (Å²) in [6.07, 6.45) is 1.10. The molecule has 6 nitrogen and oxygen atoms in total. The quantitative estimate of drug-likeness (QED) is 0.659. The second-order valence-electron chi connectivity index (χ2n) is 5.84. The lowest BCUT2D eigenvalue weighted by molar-refractivity contribution is 0.173. The van der Waals surface area contributed by atoms with Crippen molar-refractivity contribution in [2.24, 2.45) is 7.05 Å². The molecular weight excluding hydrogens is 316 g/mol. The zero-order chi connectivity index (χ0) is 17.5. The predicted octanol–water partition coefficient (Wildman–Crippen LogP) is 2.22. The largest absolute Gasteiger partial charge is 0.489 e. The molecule has 1 atom stereocenters. The molecule has 0 bridgehead atoms. The maximum Gasteiger partial charge on any atom is 0.120 e. The van der Waals surface area contributed by atoms with E-state index in [0.29, 0.717) is 19.7 Å². The Morgan fingerprint density at radius 2 is 2.00 bits per heavy atom. The van der Waals surface area contributed by atoms with Crippen LogP contribution in [0, 0.1) is 0 Å². The molecule has 3 aromatic rings. The van der Waals surface area contributed by atoms with Gasteiger partial charge in [-0.15, -0.1) is 5.10 Å². The minimum absolute atomic E-state index is 0.438. The molecule has 3 rings (SSSR count). The van der Waals surface area contributed by atoms with Gasteiger partial charge in [-0.05, 0) is 23.3 Å². The van der Waals surface area contributed by atoms with Crippen molar-refractivity contribution in [2.75, 3.05) is 6.54 Å². The Kier molecular flexibility index (Phi) is 5.77. The Hall–Kier alpha value is -2.70. The summed E-state index contributed by atoms with van der Waals surface area (Å²) in [4.78, 5) is 0. The second kappa shape index (κ2) is 8.41. The topological polar surface area (TPSA) is 72.2 Å². The standard InChI is InChI=1S/C19H22N4O2/c1-23-17(12-21-22-23)11-20-13-19(24)16-8-5-9-18(10-16)25-14-15-6-3-2-4-7-15/h2-10,12,19-20,24H,11,13-14H2,1H3. The van der Waals surface area contributed by atoms with Crippen molar-refractivity contribution in [3.8, 4) is 5.75 Å². The molecule has 0 aliphatic heterocycles. The number of aryl methyl sites for hydroxylation is 1. The molecule has 1 aromatic heterocycles. The SMILES string of the molecule is Cn1nncc1CNCC(O)c1cccc(OCc2ccccc2)c1. The number of nitrogens with one attached hydrogen (secondary N) is 1. The average Bonchev–Trinajstić information content (AvgIpc) is 3.06. The van der Waals surface area contributed by atoms with Crippen LogP contribution in [-0.4, -0.2) is 26.6 Å². The van der Waals surface area contributed by atoms with Gasteiger partial charge < -0.3 is 15.2 Å². The van der Waals surface area contributed by atoms with Crippen LogP contribution in [0.4, 0.5) is 0 Å². The highest BCUT2D eigenvalue weighted by atomic mass is 16.5. The van der Waals surface area contributed by atoms with E-state index in [1.807, 2.05) is 61.6 Å². The van der Waals surface area contributed by atoms with Crippen molar-refractivity contribution in [1.29, 1.82) is 0 Å². The van der Waals surface area contributed by atoms with E-state index in [9.17, 15) is 5.11 Å². The summed E-state index contributed by atoms with van der Waals surface area (Å²) in [7, 11) is 1.84. The average molecular weight is 338 g/mol. The van der Waals surface area contributed by atoms with E-state index in [1.165, 1.54) is 0 Å². The van der Waals surface area contributed by atoms with Gasteiger partial charge in [-0.1, -0.05) is 47.7 Å². The van der Waals surface area contributed by atoms with E-state index in [0.717, 1.165) is 22.6 Å². The molecule has 25 heavy (non-hydrogen) atoms. The normalized spacial score (nSPS) is 12.1. The first-order valence-corrected chi connectivity index (χ1v) is 8.21. The van der Waals surface area contributed by atoms with Crippen molar-refractivity contribution >= 4 is 0 Å². The van der Waals surface area contributed by atoms with Crippen molar-refractivity contribution in [1.82, 2.24) is 20.3 Å². The summed E-state index contributed by atoms with van der Waals surface area (Å²) in [5.41, 5.74) is 2.90. The van der Waals surface area contributed by atoms with Gasteiger partial charge in [-0.2, -0.15) is 0 Å². The van der Waals surface area contributed by atoms with Crippen LogP contribution in [0.5, 0.6) is 5.75 Å². The van der Waals surface area contributed by atoms with Gasteiger partial charge in [0.2, 0.25) is 0 Å². The van der Waals surface area contributed by atoms with Gasteiger partial charge in [-0.25, -0.2) is 0 Å². The van der Waals surface area contributed by atoms with Crippen molar-refractivity contribution in [3.63, 3.8) is 0 Å². The fourth-order valence-electron chi connectivity index (χ4n) is 2.48. The summed E-state index contributed by atoms with van der Waals surface area (Å²) < 4.78 is 7.52. The molecule has 130 valence electrons. The van der Waals surface area contributed by atoms with E-state index in [-0.39, 0.29) is 0 Å². The van der Waals surface area contributed by atoms with Crippen LogP contribution in [0.25, 0.3) is 0 Å². The zero-order valence-corrected chi connectivity index (χ0v) is 14.2. The van der Waals surface area contributed by atoms with Crippen molar-refractivity contribution < 1.29 is 9.84 Å². The minimum atomic E-state index is -0.610. The first-order chi connectivity index (χ1) is 12.2. The van der Waals surface area contributed by atoms with E-state index in [2.05, 4.69) is 15.6 Å². The Labute approximate surface area is 147 Å². The number of hydrogen-bond donors (Lipinski definition) is 2. The number of aromatic nitrogens is 3. The lowest BCUT2D eigenvalue weighted by atomic mass is 10.1. The lowest BCUT2D eigenvalue weighted by Gasteiger charge is -2.14. The fraction of sp³-hybridized carbons (Fsp3) is 0.263. The van der Waals surface area contributed by atoms with Gasteiger partial charge in [0.25, 0.3) is 0 Å².